The zero-order valence-corrected chi connectivity index (χ0v) is 17.4. The van der Waals surface area contributed by atoms with Crippen LogP contribution in [0.3, 0.4) is 0 Å². The van der Waals surface area contributed by atoms with Crippen molar-refractivity contribution in [3.05, 3.63) is 58.3 Å². The van der Waals surface area contributed by atoms with E-state index in [0.29, 0.717) is 29.9 Å². The van der Waals surface area contributed by atoms with Crippen molar-refractivity contribution < 1.29 is 4.79 Å². The van der Waals surface area contributed by atoms with E-state index in [1.54, 1.807) is 16.0 Å². The quantitative estimate of drug-likeness (QED) is 0.501. The fraction of sp³-hybridized carbons (Fsp3) is 0.400. The maximum Gasteiger partial charge on any atom is 0.233 e. The number of amides is 1. The Hall–Kier alpha value is -2.19. The summed E-state index contributed by atoms with van der Waals surface area (Å²) >= 11 is 3.09. The second-order valence-corrected chi connectivity index (χ2v) is 9.05. The van der Waals surface area contributed by atoms with E-state index in [9.17, 15) is 4.79 Å². The molecule has 0 spiro atoms. The van der Waals surface area contributed by atoms with E-state index in [0.717, 1.165) is 5.56 Å². The molecule has 0 saturated heterocycles. The Kier molecular flexibility index (Phi) is 6.07. The molecular weight excluding hydrogens is 390 g/mol. The highest BCUT2D eigenvalue weighted by Gasteiger charge is 2.34. The Balaban J connectivity index is 1.41. The first-order valence-corrected chi connectivity index (χ1v) is 11.3. The van der Waals surface area contributed by atoms with Crippen molar-refractivity contribution >= 4 is 29.0 Å². The van der Waals surface area contributed by atoms with E-state index in [4.69, 9.17) is 0 Å². The van der Waals surface area contributed by atoms with E-state index in [-0.39, 0.29) is 11.9 Å². The summed E-state index contributed by atoms with van der Waals surface area (Å²) in [5.41, 5.74) is 1.16. The van der Waals surface area contributed by atoms with Gasteiger partial charge in [0.1, 0.15) is 0 Å². The molecule has 1 unspecified atom stereocenters. The SMILES string of the molecule is CC(C1CC1)N(Cc1ccccc1)C(=O)CSc1nnnn1Cc1cccs1. The van der Waals surface area contributed by atoms with Gasteiger partial charge in [0.15, 0.2) is 0 Å². The predicted molar refractivity (Wildman–Crippen MR) is 111 cm³/mol. The van der Waals surface area contributed by atoms with Crippen LogP contribution in [0, 0.1) is 5.92 Å². The van der Waals surface area contributed by atoms with Crippen LogP contribution < -0.4 is 0 Å². The Labute approximate surface area is 172 Å². The van der Waals surface area contributed by atoms with Crippen LogP contribution in [0.2, 0.25) is 0 Å². The number of hydrogen-bond donors (Lipinski definition) is 0. The third-order valence-electron chi connectivity index (χ3n) is 5.02. The lowest BCUT2D eigenvalue weighted by Gasteiger charge is -2.29. The van der Waals surface area contributed by atoms with Gasteiger partial charge in [-0.1, -0.05) is 48.2 Å². The lowest BCUT2D eigenvalue weighted by molar-refractivity contribution is -0.131. The van der Waals surface area contributed by atoms with Gasteiger partial charge in [-0.3, -0.25) is 4.79 Å². The summed E-state index contributed by atoms with van der Waals surface area (Å²) in [4.78, 5) is 16.3. The average Bonchev–Trinajstić information content (AvgIpc) is 3.27. The summed E-state index contributed by atoms with van der Waals surface area (Å²) in [7, 11) is 0. The minimum Gasteiger partial charge on any atom is -0.335 e. The molecule has 28 heavy (non-hydrogen) atoms. The lowest BCUT2D eigenvalue weighted by Crippen LogP contribution is -2.40. The van der Waals surface area contributed by atoms with Gasteiger partial charge in [0, 0.05) is 17.5 Å². The van der Waals surface area contributed by atoms with Gasteiger partial charge in [0.2, 0.25) is 11.1 Å². The molecular formula is C20H23N5OS2. The number of thiophene rings is 1. The maximum absolute atomic E-state index is 13.1. The van der Waals surface area contributed by atoms with Crippen LogP contribution >= 0.6 is 23.1 Å². The van der Waals surface area contributed by atoms with Crippen LogP contribution in [0.15, 0.2) is 53.0 Å². The molecule has 1 fully saturated rings. The predicted octanol–water partition coefficient (Wildman–Crippen LogP) is 3.70. The van der Waals surface area contributed by atoms with E-state index >= 15 is 0 Å². The molecule has 0 aliphatic heterocycles. The van der Waals surface area contributed by atoms with E-state index in [1.807, 2.05) is 34.5 Å². The van der Waals surface area contributed by atoms with Gasteiger partial charge in [0.25, 0.3) is 0 Å². The number of carbonyl (C=O) groups excluding carboxylic acids is 1. The minimum atomic E-state index is 0.138. The molecule has 3 aromatic rings. The monoisotopic (exact) mass is 413 g/mol. The molecule has 1 saturated carbocycles. The summed E-state index contributed by atoms with van der Waals surface area (Å²) in [6.45, 7) is 3.45. The van der Waals surface area contributed by atoms with Crippen molar-refractivity contribution in [1.29, 1.82) is 0 Å². The van der Waals surface area contributed by atoms with Crippen LogP contribution in [0.25, 0.3) is 0 Å². The van der Waals surface area contributed by atoms with Gasteiger partial charge in [-0.2, -0.15) is 0 Å². The van der Waals surface area contributed by atoms with Crippen LogP contribution in [0.1, 0.15) is 30.2 Å². The number of thioether (sulfide) groups is 1. The standard InChI is InChI=1S/C20H23N5OS2/c1-15(17-9-10-17)24(12-16-6-3-2-4-7-16)19(26)14-28-20-21-22-23-25(20)13-18-8-5-11-27-18/h2-8,11,15,17H,9-10,12-14H2,1H3. The third-order valence-corrected chi connectivity index (χ3v) is 6.82. The number of tetrazole rings is 1. The number of carbonyl (C=O) groups is 1. The second kappa shape index (κ2) is 8.87. The molecule has 0 bridgehead atoms. The van der Waals surface area contributed by atoms with Crippen LogP contribution in [-0.4, -0.2) is 42.8 Å². The highest BCUT2D eigenvalue weighted by Crippen LogP contribution is 2.36. The molecule has 146 valence electrons. The average molecular weight is 414 g/mol. The second-order valence-electron chi connectivity index (χ2n) is 7.07. The summed E-state index contributed by atoms with van der Waals surface area (Å²) in [6.07, 6.45) is 2.43. The Morgan fingerprint density at radius 2 is 2.11 bits per heavy atom. The van der Waals surface area contributed by atoms with Crippen molar-refractivity contribution in [1.82, 2.24) is 25.1 Å². The maximum atomic E-state index is 13.1. The first-order chi connectivity index (χ1) is 13.7. The normalized spacial score (nSPS) is 14.8. The van der Waals surface area contributed by atoms with Crippen molar-refractivity contribution in [3.8, 4) is 0 Å². The molecule has 6 nitrogen and oxygen atoms in total. The van der Waals surface area contributed by atoms with Gasteiger partial charge in [0.05, 0.1) is 12.3 Å². The van der Waals surface area contributed by atoms with E-state index in [2.05, 4.69) is 40.6 Å². The van der Waals surface area contributed by atoms with Crippen molar-refractivity contribution in [2.24, 2.45) is 5.92 Å². The minimum absolute atomic E-state index is 0.138. The summed E-state index contributed by atoms with van der Waals surface area (Å²) in [5, 5.41) is 14.7. The van der Waals surface area contributed by atoms with E-state index < -0.39 is 0 Å². The molecule has 1 aromatic carbocycles. The molecule has 0 N–H and O–H groups in total. The summed E-state index contributed by atoms with van der Waals surface area (Å²) < 4.78 is 1.76. The molecule has 1 aliphatic rings. The zero-order chi connectivity index (χ0) is 19.3. The fourth-order valence-electron chi connectivity index (χ4n) is 3.23. The largest absolute Gasteiger partial charge is 0.335 e. The van der Waals surface area contributed by atoms with Gasteiger partial charge in [-0.25, -0.2) is 4.68 Å². The first kappa shape index (κ1) is 19.1. The highest BCUT2D eigenvalue weighted by atomic mass is 32.2. The third kappa shape index (κ3) is 4.80. The van der Waals surface area contributed by atoms with Crippen molar-refractivity contribution in [2.75, 3.05) is 5.75 Å². The lowest BCUT2D eigenvalue weighted by atomic mass is 10.1. The van der Waals surface area contributed by atoms with Crippen LogP contribution in [-0.2, 0) is 17.9 Å². The van der Waals surface area contributed by atoms with Crippen molar-refractivity contribution in [2.45, 2.75) is 44.1 Å². The molecule has 2 aromatic heterocycles. The number of nitrogens with zero attached hydrogens (tertiary/aromatic N) is 5. The molecule has 1 amide bonds. The topological polar surface area (TPSA) is 63.9 Å². The Bertz CT molecular complexity index is 892. The highest BCUT2D eigenvalue weighted by molar-refractivity contribution is 7.99. The fourth-order valence-corrected chi connectivity index (χ4v) is 4.68. The summed E-state index contributed by atoms with van der Waals surface area (Å²) in [5.74, 6) is 1.11. The van der Waals surface area contributed by atoms with Crippen LogP contribution in [0.4, 0.5) is 0 Å². The Morgan fingerprint density at radius 3 is 2.82 bits per heavy atom. The van der Waals surface area contributed by atoms with Crippen molar-refractivity contribution in [3.63, 3.8) is 0 Å². The number of benzene rings is 1. The smallest absolute Gasteiger partial charge is 0.233 e. The van der Waals surface area contributed by atoms with Gasteiger partial charge in [-0.15, -0.1) is 16.4 Å². The van der Waals surface area contributed by atoms with E-state index in [1.165, 1.54) is 29.5 Å². The zero-order valence-electron chi connectivity index (χ0n) is 15.8. The first-order valence-electron chi connectivity index (χ1n) is 9.45. The molecule has 1 aliphatic carbocycles. The Morgan fingerprint density at radius 1 is 1.29 bits per heavy atom. The molecule has 1 atom stereocenters. The number of aromatic nitrogens is 4. The molecule has 0 radical (unpaired) electrons. The molecule has 2 heterocycles. The molecule has 8 heteroatoms. The number of hydrogen-bond acceptors (Lipinski definition) is 6. The van der Waals surface area contributed by atoms with Crippen LogP contribution in [0.5, 0.6) is 0 Å². The summed E-state index contributed by atoms with van der Waals surface area (Å²) in [6, 6.07) is 14.5. The molecule has 4 rings (SSSR count). The van der Waals surface area contributed by atoms with Gasteiger partial charge < -0.3 is 4.90 Å². The van der Waals surface area contributed by atoms with Gasteiger partial charge >= 0.3 is 0 Å². The number of rotatable bonds is 9. The van der Waals surface area contributed by atoms with Gasteiger partial charge in [-0.05, 0) is 53.1 Å².